The number of hydrogen-bond donors (Lipinski definition) is 1. The molecule has 0 unspecified atom stereocenters. The minimum atomic E-state index is -0.0656. The predicted molar refractivity (Wildman–Crippen MR) is 92.7 cm³/mol. The van der Waals surface area contributed by atoms with E-state index in [0.717, 1.165) is 24.1 Å². The number of hydrogen-bond acceptors (Lipinski definition) is 2. The van der Waals surface area contributed by atoms with Crippen molar-refractivity contribution in [2.75, 3.05) is 5.32 Å². The van der Waals surface area contributed by atoms with Gasteiger partial charge in [0.1, 0.15) is 6.17 Å². The summed E-state index contributed by atoms with van der Waals surface area (Å²) in [5.74, 6) is 0.157. The normalized spacial score (nSPS) is 20.2. The van der Waals surface area contributed by atoms with Gasteiger partial charge in [-0.15, -0.1) is 0 Å². The van der Waals surface area contributed by atoms with Gasteiger partial charge in [0.15, 0.2) is 0 Å². The number of benzene rings is 2. The van der Waals surface area contributed by atoms with Crippen LogP contribution in [0.1, 0.15) is 51.6 Å². The zero-order valence-corrected chi connectivity index (χ0v) is 13.9. The molecule has 0 radical (unpaired) electrons. The number of para-hydroxylation sites is 1. The first-order chi connectivity index (χ1) is 11.1. The molecular formula is C20H22N2O. The molecule has 1 saturated carbocycles. The molecule has 1 amide bonds. The number of carbonyl (C=O) groups excluding carboxylic acids is 1. The van der Waals surface area contributed by atoms with E-state index in [2.05, 4.69) is 43.1 Å². The van der Waals surface area contributed by atoms with Crippen molar-refractivity contribution in [3.8, 4) is 0 Å². The quantitative estimate of drug-likeness (QED) is 0.895. The Morgan fingerprint density at radius 2 is 1.70 bits per heavy atom. The average molecular weight is 306 g/mol. The van der Waals surface area contributed by atoms with Crippen LogP contribution in [-0.4, -0.2) is 16.8 Å². The highest BCUT2D eigenvalue weighted by molar-refractivity contribution is 6.02. The maximum atomic E-state index is 13.0. The fraction of sp³-hybridized carbons (Fsp3) is 0.350. The minimum absolute atomic E-state index is 0.0656. The molecule has 1 aliphatic carbocycles. The lowest BCUT2D eigenvalue weighted by Gasteiger charge is -2.39. The third kappa shape index (κ3) is 2.31. The van der Waals surface area contributed by atoms with E-state index >= 15 is 0 Å². The van der Waals surface area contributed by atoms with Gasteiger partial charge in [-0.25, -0.2) is 0 Å². The van der Waals surface area contributed by atoms with Gasteiger partial charge in [-0.1, -0.05) is 24.3 Å². The summed E-state index contributed by atoms with van der Waals surface area (Å²) in [7, 11) is 0. The van der Waals surface area contributed by atoms with Crippen molar-refractivity contribution < 1.29 is 4.79 Å². The maximum Gasteiger partial charge on any atom is 0.258 e. The first kappa shape index (κ1) is 14.3. The van der Waals surface area contributed by atoms with Crippen molar-refractivity contribution in [1.82, 2.24) is 4.90 Å². The molecule has 1 atom stereocenters. The fourth-order valence-corrected chi connectivity index (χ4v) is 3.50. The average Bonchev–Trinajstić information content (AvgIpc) is 3.35. The van der Waals surface area contributed by atoms with Gasteiger partial charge in [-0.3, -0.25) is 4.79 Å². The number of carbonyl (C=O) groups is 1. The van der Waals surface area contributed by atoms with E-state index in [9.17, 15) is 4.79 Å². The van der Waals surface area contributed by atoms with Crippen molar-refractivity contribution in [3.63, 3.8) is 0 Å². The van der Waals surface area contributed by atoms with Crippen LogP contribution in [-0.2, 0) is 0 Å². The monoisotopic (exact) mass is 306 g/mol. The third-order valence-corrected chi connectivity index (χ3v) is 5.08. The van der Waals surface area contributed by atoms with Crippen molar-refractivity contribution >= 4 is 11.6 Å². The SMILES string of the molecule is Cc1cc(C)c([C@@H]2Nc3ccccc3C(=O)N2C2CC2)cc1C. The van der Waals surface area contributed by atoms with Gasteiger partial charge >= 0.3 is 0 Å². The van der Waals surface area contributed by atoms with Gasteiger partial charge in [-0.2, -0.15) is 0 Å². The summed E-state index contributed by atoms with van der Waals surface area (Å²) >= 11 is 0. The predicted octanol–water partition coefficient (Wildman–Crippen LogP) is 4.34. The zero-order valence-electron chi connectivity index (χ0n) is 13.9. The molecule has 0 saturated heterocycles. The Morgan fingerprint density at radius 3 is 2.43 bits per heavy atom. The highest BCUT2D eigenvalue weighted by Gasteiger charge is 2.42. The lowest BCUT2D eigenvalue weighted by Crippen LogP contribution is -2.44. The van der Waals surface area contributed by atoms with Crippen LogP contribution >= 0.6 is 0 Å². The van der Waals surface area contributed by atoms with Gasteiger partial charge in [0.25, 0.3) is 5.91 Å². The molecule has 2 aliphatic rings. The van der Waals surface area contributed by atoms with Crippen molar-refractivity contribution in [2.45, 2.75) is 45.8 Å². The van der Waals surface area contributed by atoms with E-state index in [4.69, 9.17) is 0 Å². The van der Waals surface area contributed by atoms with E-state index in [1.54, 1.807) is 0 Å². The highest BCUT2D eigenvalue weighted by atomic mass is 16.2. The summed E-state index contributed by atoms with van der Waals surface area (Å²) in [6.07, 6.45) is 2.15. The van der Waals surface area contributed by atoms with E-state index in [1.807, 2.05) is 24.3 Å². The Labute approximate surface area is 137 Å². The van der Waals surface area contributed by atoms with Crippen molar-refractivity contribution in [1.29, 1.82) is 0 Å². The zero-order chi connectivity index (χ0) is 16.1. The first-order valence-corrected chi connectivity index (χ1v) is 8.32. The molecule has 3 heteroatoms. The minimum Gasteiger partial charge on any atom is -0.361 e. The second-order valence-corrected chi connectivity index (χ2v) is 6.83. The van der Waals surface area contributed by atoms with Crippen molar-refractivity contribution in [2.24, 2.45) is 0 Å². The molecule has 1 N–H and O–H groups in total. The van der Waals surface area contributed by atoms with Gasteiger partial charge in [-0.05, 0) is 68.0 Å². The lowest BCUT2D eigenvalue weighted by molar-refractivity contribution is 0.0666. The molecule has 4 rings (SSSR count). The second-order valence-electron chi connectivity index (χ2n) is 6.83. The lowest BCUT2D eigenvalue weighted by atomic mass is 9.96. The Balaban J connectivity index is 1.84. The molecule has 1 fully saturated rings. The second kappa shape index (κ2) is 5.12. The Bertz CT molecular complexity index is 792. The summed E-state index contributed by atoms with van der Waals surface area (Å²) in [5.41, 5.74) is 6.75. The Morgan fingerprint density at radius 1 is 1.00 bits per heavy atom. The van der Waals surface area contributed by atoms with Gasteiger partial charge in [0.05, 0.1) is 5.56 Å². The molecule has 1 aliphatic heterocycles. The number of anilines is 1. The molecule has 23 heavy (non-hydrogen) atoms. The summed E-state index contributed by atoms with van der Waals surface area (Å²) in [6, 6.07) is 12.7. The molecule has 3 nitrogen and oxygen atoms in total. The molecule has 2 aromatic carbocycles. The van der Waals surface area contributed by atoms with E-state index in [0.29, 0.717) is 6.04 Å². The highest BCUT2D eigenvalue weighted by Crippen LogP contribution is 2.41. The van der Waals surface area contributed by atoms with E-state index in [-0.39, 0.29) is 12.1 Å². The number of nitrogens with zero attached hydrogens (tertiary/aromatic N) is 1. The molecule has 0 aromatic heterocycles. The standard InChI is InChI=1S/C20H22N2O/c1-12-10-14(3)17(11-13(12)2)19-21-18-7-5-4-6-16(18)20(23)22(19)15-8-9-15/h4-7,10-11,15,19,21H,8-9H2,1-3H3/t19-/m1/s1. The molecule has 1 heterocycles. The van der Waals surface area contributed by atoms with Crippen LogP contribution in [0.15, 0.2) is 36.4 Å². The van der Waals surface area contributed by atoms with Crippen LogP contribution in [0, 0.1) is 20.8 Å². The van der Waals surface area contributed by atoms with Gasteiger partial charge in [0.2, 0.25) is 0 Å². The first-order valence-electron chi connectivity index (χ1n) is 8.32. The van der Waals surface area contributed by atoms with E-state index < -0.39 is 0 Å². The number of nitrogens with one attached hydrogen (secondary N) is 1. The largest absolute Gasteiger partial charge is 0.361 e. The number of amides is 1. The summed E-state index contributed by atoms with van der Waals surface area (Å²) in [4.78, 5) is 15.1. The van der Waals surface area contributed by atoms with Crippen molar-refractivity contribution in [3.05, 3.63) is 64.2 Å². The van der Waals surface area contributed by atoms with Gasteiger partial charge in [0, 0.05) is 11.7 Å². The number of fused-ring (bicyclic) bond motifs is 1. The Hall–Kier alpha value is -2.29. The smallest absolute Gasteiger partial charge is 0.258 e. The van der Waals surface area contributed by atoms with Crippen LogP contribution in [0.4, 0.5) is 5.69 Å². The van der Waals surface area contributed by atoms with Crippen LogP contribution in [0.25, 0.3) is 0 Å². The van der Waals surface area contributed by atoms with Crippen LogP contribution < -0.4 is 5.32 Å². The molecule has 0 bridgehead atoms. The third-order valence-electron chi connectivity index (χ3n) is 5.08. The molecule has 0 spiro atoms. The van der Waals surface area contributed by atoms with E-state index in [1.165, 1.54) is 22.3 Å². The summed E-state index contributed by atoms with van der Waals surface area (Å²) < 4.78 is 0. The summed E-state index contributed by atoms with van der Waals surface area (Å²) in [6.45, 7) is 6.41. The molecule has 2 aromatic rings. The molecule has 118 valence electrons. The summed E-state index contributed by atoms with van der Waals surface area (Å²) in [5, 5.41) is 3.61. The van der Waals surface area contributed by atoms with Gasteiger partial charge < -0.3 is 10.2 Å². The number of rotatable bonds is 2. The number of aryl methyl sites for hydroxylation is 3. The molecular weight excluding hydrogens is 284 g/mol. The Kier molecular flexibility index (Phi) is 3.19. The topological polar surface area (TPSA) is 32.3 Å². The fourth-order valence-electron chi connectivity index (χ4n) is 3.50. The van der Waals surface area contributed by atoms with Crippen LogP contribution in [0.5, 0.6) is 0 Å². The van der Waals surface area contributed by atoms with Crippen LogP contribution in [0.2, 0.25) is 0 Å². The van der Waals surface area contributed by atoms with Crippen LogP contribution in [0.3, 0.4) is 0 Å². The maximum absolute atomic E-state index is 13.0.